The highest BCUT2D eigenvalue weighted by Crippen LogP contribution is 2.49. The van der Waals surface area contributed by atoms with E-state index >= 15 is 0 Å². The molecule has 1 aliphatic heterocycles. The van der Waals surface area contributed by atoms with Crippen molar-refractivity contribution in [1.29, 1.82) is 0 Å². The molecule has 2 atom stereocenters. The van der Waals surface area contributed by atoms with E-state index in [-0.39, 0.29) is 50.9 Å². The van der Waals surface area contributed by atoms with Gasteiger partial charge in [-0.1, -0.05) is 23.2 Å². The van der Waals surface area contributed by atoms with Gasteiger partial charge in [0.25, 0.3) is 5.91 Å². The zero-order valence-electron chi connectivity index (χ0n) is 24.1. The van der Waals surface area contributed by atoms with E-state index in [0.29, 0.717) is 10.9 Å². The van der Waals surface area contributed by atoms with Gasteiger partial charge in [0.1, 0.15) is 40.5 Å². The first-order chi connectivity index (χ1) is 21.6. The molecule has 1 aliphatic carbocycles. The average Bonchev–Trinajstić information content (AvgIpc) is 3.67. The molecule has 0 spiro atoms. The molecule has 2 aromatic heterocycles. The number of halogens is 6. The molecule has 1 unspecified atom stereocenters. The lowest BCUT2D eigenvalue weighted by Crippen LogP contribution is -2.51. The normalized spacial score (nSPS) is 19.0. The van der Waals surface area contributed by atoms with E-state index in [2.05, 4.69) is 15.4 Å². The van der Waals surface area contributed by atoms with Gasteiger partial charge in [0.05, 0.1) is 35.4 Å². The van der Waals surface area contributed by atoms with Crippen LogP contribution in [0.4, 0.5) is 17.6 Å². The molecular formula is C30H25Cl2F4N5O5. The van der Waals surface area contributed by atoms with Gasteiger partial charge in [0.15, 0.2) is 0 Å². The van der Waals surface area contributed by atoms with Crippen LogP contribution in [0.2, 0.25) is 10.0 Å². The summed E-state index contributed by atoms with van der Waals surface area (Å²) in [7, 11) is 1.37. The van der Waals surface area contributed by atoms with Crippen LogP contribution in [0.3, 0.4) is 0 Å². The molecule has 4 N–H and O–H groups in total. The number of nitrogens with two attached hydrogens (primary N) is 1. The van der Waals surface area contributed by atoms with Crippen molar-refractivity contribution in [3.05, 3.63) is 69.2 Å². The molecule has 1 saturated carbocycles. The number of alkyl halides is 3. The summed E-state index contributed by atoms with van der Waals surface area (Å²) >= 11 is 12.1. The molecule has 0 bridgehead atoms. The maximum atomic E-state index is 14.8. The van der Waals surface area contributed by atoms with Crippen molar-refractivity contribution in [3.8, 4) is 22.8 Å². The molecule has 46 heavy (non-hydrogen) atoms. The molecule has 6 rings (SSSR count). The molecule has 0 radical (unpaired) electrons. The van der Waals surface area contributed by atoms with Gasteiger partial charge in [-0.3, -0.25) is 14.3 Å². The number of carbonyl (C=O) groups excluding carboxylic acids is 2. The summed E-state index contributed by atoms with van der Waals surface area (Å²) in [5.74, 6) is -2.83. The third-order valence-electron chi connectivity index (χ3n) is 8.27. The first kappa shape index (κ1) is 31.8. The van der Waals surface area contributed by atoms with Gasteiger partial charge < -0.3 is 25.6 Å². The number of fused-ring (bicyclic) bond motifs is 2. The second-order valence-electron chi connectivity index (χ2n) is 11.5. The van der Waals surface area contributed by atoms with Crippen molar-refractivity contribution in [1.82, 2.24) is 20.1 Å². The van der Waals surface area contributed by atoms with E-state index < -0.39 is 52.8 Å². The van der Waals surface area contributed by atoms with Gasteiger partial charge in [0.2, 0.25) is 11.5 Å². The van der Waals surface area contributed by atoms with E-state index in [9.17, 15) is 32.3 Å². The Kier molecular flexibility index (Phi) is 7.60. The number of benzene rings is 2. The fraction of sp³-hybridized carbons (Fsp3) is 0.333. The van der Waals surface area contributed by atoms with Gasteiger partial charge >= 0.3 is 6.18 Å². The van der Waals surface area contributed by atoms with Gasteiger partial charge in [-0.05, 0) is 50.1 Å². The second-order valence-corrected chi connectivity index (χ2v) is 12.3. The SMILES string of the molecule is COc1cc(C(=O)NCC(O)(c2cc3c(c(-c4cc(F)c(Cl)cc4Cl)n2)OC[C@]3(C)C(N)=O)C(F)(F)F)cc2cn(C3CC3)nc12. The van der Waals surface area contributed by atoms with E-state index in [1.165, 1.54) is 26.2 Å². The molecule has 2 amide bonds. The number of nitrogens with zero attached hydrogens (tertiary/aromatic N) is 3. The average molecular weight is 682 g/mol. The lowest BCUT2D eigenvalue weighted by atomic mass is 9.81. The van der Waals surface area contributed by atoms with Gasteiger partial charge in [0, 0.05) is 28.3 Å². The monoisotopic (exact) mass is 681 g/mol. The zero-order chi connectivity index (χ0) is 33.3. The lowest BCUT2D eigenvalue weighted by molar-refractivity contribution is -0.265. The van der Waals surface area contributed by atoms with Crippen molar-refractivity contribution in [2.24, 2.45) is 5.73 Å². The highest BCUT2D eigenvalue weighted by molar-refractivity contribution is 6.36. The first-order valence-electron chi connectivity index (χ1n) is 13.8. The number of primary amides is 1. The van der Waals surface area contributed by atoms with Gasteiger partial charge in [-0.25, -0.2) is 9.37 Å². The summed E-state index contributed by atoms with van der Waals surface area (Å²) in [5.41, 5.74) is -1.27. The third kappa shape index (κ3) is 5.17. The van der Waals surface area contributed by atoms with Crippen LogP contribution in [0.25, 0.3) is 22.2 Å². The Morgan fingerprint density at radius 1 is 1.20 bits per heavy atom. The van der Waals surface area contributed by atoms with Crippen molar-refractivity contribution in [2.45, 2.75) is 43.0 Å². The molecule has 16 heteroatoms. The molecule has 4 aromatic rings. The van der Waals surface area contributed by atoms with E-state index in [4.69, 9.17) is 38.4 Å². The minimum atomic E-state index is -5.43. The minimum absolute atomic E-state index is 0.0510. The fourth-order valence-electron chi connectivity index (χ4n) is 5.27. The largest absolute Gasteiger partial charge is 0.494 e. The molecular weight excluding hydrogens is 657 g/mol. The second kappa shape index (κ2) is 11.0. The number of aromatic nitrogens is 3. The summed E-state index contributed by atoms with van der Waals surface area (Å²) in [6.07, 6.45) is -1.82. The Balaban J connectivity index is 1.43. The molecule has 0 saturated heterocycles. The van der Waals surface area contributed by atoms with Gasteiger partial charge in [-0.2, -0.15) is 18.3 Å². The topological polar surface area (TPSA) is 142 Å². The van der Waals surface area contributed by atoms with Crippen LogP contribution in [-0.4, -0.2) is 58.1 Å². The van der Waals surface area contributed by atoms with E-state index in [1.54, 1.807) is 10.9 Å². The number of ether oxygens (including phenoxy) is 2. The van der Waals surface area contributed by atoms with Gasteiger partial charge in [-0.15, -0.1) is 0 Å². The number of carbonyl (C=O) groups is 2. The van der Waals surface area contributed by atoms with Crippen LogP contribution in [-0.2, 0) is 15.8 Å². The van der Waals surface area contributed by atoms with E-state index in [1.807, 2.05) is 0 Å². The fourth-order valence-corrected chi connectivity index (χ4v) is 5.74. The predicted molar refractivity (Wildman–Crippen MR) is 159 cm³/mol. The first-order valence-corrected chi connectivity index (χ1v) is 14.6. The quantitative estimate of drug-likeness (QED) is 0.171. The van der Waals surface area contributed by atoms with Crippen LogP contribution in [0, 0.1) is 5.82 Å². The summed E-state index contributed by atoms with van der Waals surface area (Å²) in [5, 5.41) is 17.9. The molecule has 3 heterocycles. The Labute approximate surface area is 268 Å². The molecule has 2 aromatic carbocycles. The maximum Gasteiger partial charge on any atom is 0.424 e. The van der Waals surface area contributed by atoms with Crippen molar-refractivity contribution < 1.29 is 41.7 Å². The Morgan fingerprint density at radius 2 is 1.91 bits per heavy atom. The number of nitrogens with one attached hydrogen (secondary N) is 1. The van der Waals surface area contributed by atoms with Crippen LogP contribution in [0.5, 0.6) is 11.5 Å². The minimum Gasteiger partial charge on any atom is -0.494 e. The maximum absolute atomic E-state index is 14.8. The van der Waals surface area contributed by atoms with Crippen molar-refractivity contribution in [3.63, 3.8) is 0 Å². The van der Waals surface area contributed by atoms with Crippen molar-refractivity contribution >= 4 is 45.9 Å². The van der Waals surface area contributed by atoms with E-state index in [0.717, 1.165) is 31.0 Å². The number of hydrogen-bond donors (Lipinski definition) is 3. The number of rotatable bonds is 8. The van der Waals surface area contributed by atoms with Crippen LogP contribution < -0.4 is 20.5 Å². The third-order valence-corrected chi connectivity index (χ3v) is 8.88. The lowest BCUT2D eigenvalue weighted by Gasteiger charge is -2.31. The van der Waals surface area contributed by atoms with Crippen LogP contribution in [0.15, 0.2) is 36.5 Å². The number of aliphatic hydroxyl groups is 1. The highest BCUT2D eigenvalue weighted by Gasteiger charge is 2.58. The summed E-state index contributed by atoms with van der Waals surface area (Å²) in [6, 6.07) is 5.69. The number of methoxy groups -OCH3 is 1. The summed E-state index contributed by atoms with van der Waals surface area (Å²) < 4.78 is 71.7. The Morgan fingerprint density at radius 3 is 2.54 bits per heavy atom. The van der Waals surface area contributed by atoms with Crippen LogP contribution >= 0.6 is 23.2 Å². The summed E-state index contributed by atoms with van der Waals surface area (Å²) in [4.78, 5) is 29.8. The Hall–Kier alpha value is -4.14. The smallest absolute Gasteiger partial charge is 0.424 e. The number of pyridine rings is 1. The molecule has 10 nitrogen and oxygen atoms in total. The molecule has 242 valence electrons. The standard InChI is InChI=1S/C30H25Cl2F4N5O5/c1-28(27(37)43)12-46-25-17(28)8-22(39-24(25)16-7-20(33)19(32)9-18(16)31)29(44,30(34,35)36)11-38-26(42)13-5-14-10-41(15-3-4-15)40-23(14)21(6-13)45-2/h5-10,15,44H,3-4,11-12H2,1-2H3,(H2,37,43)(H,38,42)/t28-,29?/m0/s1. The Bertz CT molecular complexity index is 1930. The number of amides is 2. The highest BCUT2D eigenvalue weighted by atomic mass is 35.5. The predicted octanol–water partition coefficient (Wildman–Crippen LogP) is 5.20. The zero-order valence-corrected chi connectivity index (χ0v) is 25.6. The summed E-state index contributed by atoms with van der Waals surface area (Å²) in [6.45, 7) is -0.451. The van der Waals surface area contributed by atoms with Crippen LogP contribution in [0.1, 0.15) is 47.4 Å². The molecule has 1 fully saturated rings. The van der Waals surface area contributed by atoms with Crippen molar-refractivity contribution in [2.75, 3.05) is 20.3 Å². The molecule has 2 aliphatic rings. The number of hydrogen-bond acceptors (Lipinski definition) is 7.